The van der Waals surface area contributed by atoms with Gasteiger partial charge in [0.15, 0.2) is 5.13 Å². The lowest BCUT2D eigenvalue weighted by Crippen LogP contribution is -2.72. The van der Waals surface area contributed by atoms with Gasteiger partial charge in [-0.05, 0) is 43.5 Å². The van der Waals surface area contributed by atoms with E-state index in [0.29, 0.717) is 5.13 Å². The zero-order valence-electron chi connectivity index (χ0n) is 18.3. The second-order valence-corrected chi connectivity index (χ2v) is 10.2. The van der Waals surface area contributed by atoms with E-state index < -0.39 is 0 Å². The highest BCUT2D eigenvalue weighted by atomic mass is 32.1. The van der Waals surface area contributed by atoms with Gasteiger partial charge in [0.2, 0.25) is 11.0 Å². The maximum atomic E-state index is 12.8. The predicted octanol–water partition coefficient (Wildman–Crippen LogP) is 4.40. The number of thiazole rings is 1. The smallest absolute Gasteiger partial charge is 0.232 e. The molecule has 31 heavy (non-hydrogen) atoms. The number of carbonyl (C=O) groups excluding carboxylic acids is 1. The first-order valence-corrected chi connectivity index (χ1v) is 11.7. The fraction of sp³-hybridized carbons (Fsp3) is 0.565. The molecule has 2 bridgehead atoms. The van der Waals surface area contributed by atoms with Gasteiger partial charge in [0.25, 0.3) is 0 Å². The van der Waals surface area contributed by atoms with Crippen LogP contribution in [0.3, 0.4) is 0 Å². The van der Waals surface area contributed by atoms with Gasteiger partial charge in [-0.3, -0.25) is 4.79 Å². The van der Waals surface area contributed by atoms with Crippen molar-refractivity contribution in [3.8, 4) is 10.8 Å². The molecule has 0 radical (unpaired) electrons. The van der Waals surface area contributed by atoms with Crippen LogP contribution in [0.1, 0.15) is 44.7 Å². The van der Waals surface area contributed by atoms with Crippen LogP contribution >= 0.6 is 11.3 Å². The van der Waals surface area contributed by atoms with Crippen LogP contribution in [0.5, 0.6) is 10.8 Å². The Morgan fingerprint density at radius 2 is 1.87 bits per heavy atom. The second-order valence-electron chi connectivity index (χ2n) is 9.19. The Balaban J connectivity index is 1.27. The minimum Gasteiger partial charge on any atom is -0.445 e. The first kappa shape index (κ1) is 20.7. The number of methoxy groups -OCH3 is 1. The van der Waals surface area contributed by atoms with Gasteiger partial charge in [-0.25, -0.2) is 4.98 Å². The van der Waals surface area contributed by atoms with E-state index in [-0.39, 0.29) is 22.8 Å². The molecule has 6 rings (SSSR count). The summed E-state index contributed by atoms with van der Waals surface area (Å²) in [5.74, 6) is 1.01. The van der Waals surface area contributed by atoms with Crippen LogP contribution in [-0.2, 0) is 14.3 Å². The third kappa shape index (κ3) is 3.70. The van der Waals surface area contributed by atoms with Gasteiger partial charge in [0, 0.05) is 31.8 Å². The summed E-state index contributed by atoms with van der Waals surface area (Å²) in [6.45, 7) is 7.50. The molecule has 3 aliphatic carbocycles. The average molecular weight is 444 g/mol. The molecule has 8 heteroatoms. The number of benzene rings is 1. The highest BCUT2D eigenvalue weighted by molar-refractivity contribution is 7.17. The number of carbonyl (C=O) groups is 1. The quantitative estimate of drug-likeness (QED) is 0.684. The van der Waals surface area contributed by atoms with Crippen molar-refractivity contribution in [1.82, 2.24) is 4.98 Å². The van der Waals surface area contributed by atoms with E-state index >= 15 is 0 Å². The topological polar surface area (TPSA) is 72.9 Å². The van der Waals surface area contributed by atoms with Crippen molar-refractivity contribution in [3.63, 3.8) is 0 Å². The van der Waals surface area contributed by atoms with E-state index in [0.717, 1.165) is 62.1 Å². The van der Waals surface area contributed by atoms with Crippen LogP contribution in [0.15, 0.2) is 24.3 Å². The monoisotopic (exact) mass is 443 g/mol. The lowest BCUT2D eigenvalue weighted by molar-refractivity contribution is -0.260. The van der Waals surface area contributed by atoms with E-state index in [1.807, 2.05) is 12.1 Å². The number of hydrogen-bond donors (Lipinski definition) is 1. The largest absolute Gasteiger partial charge is 0.445 e. The minimum absolute atomic E-state index is 0.0506. The number of hydrogen-bond acceptors (Lipinski definition) is 7. The van der Waals surface area contributed by atoms with Gasteiger partial charge in [0.05, 0.1) is 29.9 Å². The SMILES string of the molecule is COC12CC(C(=O)Nc3nc(C(C)C)c(Oc4ccc(N5CCOCC5)cc4)s3)(C1)C2. The van der Waals surface area contributed by atoms with E-state index in [2.05, 4.69) is 41.2 Å². The van der Waals surface area contributed by atoms with Crippen molar-refractivity contribution in [2.75, 3.05) is 43.6 Å². The van der Waals surface area contributed by atoms with Crippen molar-refractivity contribution in [2.45, 2.75) is 44.6 Å². The lowest BCUT2D eigenvalue weighted by atomic mass is 9.41. The molecule has 1 amide bonds. The average Bonchev–Trinajstić information content (AvgIpc) is 3.10. The molecule has 4 fully saturated rings. The molecule has 1 aliphatic heterocycles. The Kier molecular flexibility index (Phi) is 5.19. The fourth-order valence-corrected chi connectivity index (χ4v) is 5.83. The van der Waals surface area contributed by atoms with Crippen molar-refractivity contribution >= 4 is 28.1 Å². The molecule has 1 aromatic carbocycles. The summed E-state index contributed by atoms with van der Waals surface area (Å²) in [6.07, 6.45) is 2.43. The van der Waals surface area contributed by atoms with E-state index in [4.69, 9.17) is 14.2 Å². The molecular formula is C23H29N3O4S. The molecule has 1 N–H and O–H groups in total. The summed E-state index contributed by atoms with van der Waals surface area (Å²) in [7, 11) is 1.73. The van der Waals surface area contributed by atoms with Crippen molar-refractivity contribution in [2.24, 2.45) is 5.41 Å². The molecule has 3 saturated carbocycles. The minimum atomic E-state index is -0.268. The summed E-state index contributed by atoms with van der Waals surface area (Å²) >= 11 is 1.39. The number of rotatable bonds is 7. The first-order valence-electron chi connectivity index (χ1n) is 10.9. The molecule has 0 atom stereocenters. The molecule has 4 aliphatic rings. The maximum Gasteiger partial charge on any atom is 0.232 e. The zero-order valence-corrected chi connectivity index (χ0v) is 19.1. The second kappa shape index (κ2) is 7.76. The molecule has 2 heterocycles. The van der Waals surface area contributed by atoms with Crippen molar-refractivity contribution < 1.29 is 19.0 Å². The number of anilines is 2. The van der Waals surface area contributed by atoms with Gasteiger partial charge in [-0.1, -0.05) is 25.2 Å². The van der Waals surface area contributed by atoms with Crippen molar-refractivity contribution in [1.29, 1.82) is 0 Å². The number of ether oxygens (including phenoxy) is 3. The number of aromatic nitrogens is 1. The molecule has 2 aromatic rings. The fourth-order valence-electron chi connectivity index (χ4n) is 4.84. The third-order valence-electron chi connectivity index (χ3n) is 6.71. The summed E-state index contributed by atoms with van der Waals surface area (Å²) in [4.78, 5) is 19.8. The van der Waals surface area contributed by atoms with Crippen molar-refractivity contribution in [3.05, 3.63) is 30.0 Å². The molecule has 1 aromatic heterocycles. The molecule has 1 saturated heterocycles. The third-order valence-corrected chi connectivity index (χ3v) is 7.57. The Hall–Kier alpha value is -2.16. The predicted molar refractivity (Wildman–Crippen MR) is 120 cm³/mol. The summed E-state index contributed by atoms with van der Waals surface area (Å²) in [6, 6.07) is 8.12. The number of amides is 1. The molecule has 7 nitrogen and oxygen atoms in total. The van der Waals surface area contributed by atoms with E-state index in [1.54, 1.807) is 7.11 Å². The van der Waals surface area contributed by atoms with Crippen LogP contribution in [0, 0.1) is 5.41 Å². The molecule has 0 spiro atoms. The van der Waals surface area contributed by atoms with E-state index in [1.165, 1.54) is 17.0 Å². The normalized spacial score (nSPS) is 26.9. The van der Waals surface area contributed by atoms with Crippen LogP contribution in [0.2, 0.25) is 0 Å². The van der Waals surface area contributed by atoms with Crippen LogP contribution < -0.4 is 15.0 Å². The zero-order chi connectivity index (χ0) is 21.6. The van der Waals surface area contributed by atoms with Gasteiger partial charge < -0.3 is 24.4 Å². The highest BCUT2D eigenvalue weighted by Gasteiger charge is 2.72. The number of nitrogens with one attached hydrogen (secondary N) is 1. The Bertz CT molecular complexity index is 946. The Morgan fingerprint density at radius 3 is 2.48 bits per heavy atom. The lowest BCUT2D eigenvalue weighted by Gasteiger charge is -2.67. The van der Waals surface area contributed by atoms with E-state index in [9.17, 15) is 4.79 Å². The van der Waals surface area contributed by atoms with Gasteiger partial charge in [-0.15, -0.1) is 0 Å². The molecule has 0 unspecified atom stereocenters. The Labute approximate surface area is 186 Å². The summed E-state index contributed by atoms with van der Waals surface area (Å²) in [5.41, 5.74) is 1.72. The maximum absolute atomic E-state index is 12.8. The molecule has 166 valence electrons. The van der Waals surface area contributed by atoms with Gasteiger partial charge in [-0.2, -0.15) is 0 Å². The molecular weight excluding hydrogens is 414 g/mol. The first-order chi connectivity index (χ1) is 14.9. The highest BCUT2D eigenvalue weighted by Crippen LogP contribution is 2.69. The standard InChI is InChI=1S/C23H29N3O4S/c1-15(2)18-19(30-17-6-4-16(5-7-17)26-8-10-29-11-9-26)31-21(24-18)25-20(27)22-12-23(13-22,14-22)28-3/h4-7,15H,8-14H2,1-3H3,(H,24,25,27). The van der Waals surface area contributed by atoms with Gasteiger partial charge >= 0.3 is 0 Å². The number of nitrogens with zero attached hydrogens (tertiary/aromatic N) is 2. The van der Waals surface area contributed by atoms with Crippen LogP contribution in [0.4, 0.5) is 10.8 Å². The van der Waals surface area contributed by atoms with Crippen LogP contribution in [-0.4, -0.2) is 49.9 Å². The summed E-state index contributed by atoms with van der Waals surface area (Å²) in [5, 5.41) is 4.37. The number of morpholine rings is 1. The summed E-state index contributed by atoms with van der Waals surface area (Å²) < 4.78 is 17.1. The van der Waals surface area contributed by atoms with Crippen LogP contribution in [0.25, 0.3) is 0 Å². The Morgan fingerprint density at radius 1 is 1.19 bits per heavy atom. The van der Waals surface area contributed by atoms with Gasteiger partial charge in [0.1, 0.15) is 5.75 Å².